The molecular weight excluding hydrogens is 246 g/mol. The molecular formula is C17H29N3. The van der Waals surface area contributed by atoms with Crippen molar-refractivity contribution in [3.8, 4) is 0 Å². The maximum Gasteiger partial charge on any atom is 0.0547 e. The van der Waals surface area contributed by atoms with Gasteiger partial charge in [0.1, 0.15) is 0 Å². The molecule has 112 valence electrons. The summed E-state index contributed by atoms with van der Waals surface area (Å²) < 4.78 is 0. The van der Waals surface area contributed by atoms with Crippen molar-refractivity contribution >= 4 is 0 Å². The molecule has 0 amide bonds. The van der Waals surface area contributed by atoms with E-state index in [1.165, 1.54) is 18.7 Å². The third-order valence-corrected chi connectivity index (χ3v) is 4.51. The molecule has 3 nitrogen and oxygen atoms in total. The Morgan fingerprint density at radius 1 is 1.25 bits per heavy atom. The maximum absolute atomic E-state index is 4.78. The number of hydrogen-bond acceptors (Lipinski definition) is 3. The van der Waals surface area contributed by atoms with Gasteiger partial charge in [-0.15, -0.1) is 0 Å². The first-order chi connectivity index (χ1) is 9.60. The van der Waals surface area contributed by atoms with Gasteiger partial charge in [0, 0.05) is 25.7 Å². The zero-order valence-electron chi connectivity index (χ0n) is 13.4. The number of aromatic nitrogens is 1. The third kappa shape index (κ3) is 4.03. The molecule has 0 aliphatic carbocycles. The van der Waals surface area contributed by atoms with Crippen molar-refractivity contribution in [3.05, 3.63) is 29.6 Å². The van der Waals surface area contributed by atoms with E-state index < -0.39 is 0 Å². The fourth-order valence-electron chi connectivity index (χ4n) is 3.22. The second-order valence-electron chi connectivity index (χ2n) is 6.39. The fourth-order valence-corrected chi connectivity index (χ4v) is 3.22. The molecule has 1 N–H and O–H groups in total. The molecule has 1 aromatic heterocycles. The van der Waals surface area contributed by atoms with Crippen molar-refractivity contribution in [2.75, 3.05) is 13.1 Å². The van der Waals surface area contributed by atoms with Crippen LogP contribution in [-0.2, 0) is 13.1 Å². The first-order valence-electron chi connectivity index (χ1n) is 7.99. The topological polar surface area (TPSA) is 28.2 Å². The van der Waals surface area contributed by atoms with Gasteiger partial charge in [-0.25, -0.2) is 0 Å². The Kier molecular flexibility index (Phi) is 5.55. The van der Waals surface area contributed by atoms with Gasteiger partial charge in [-0.1, -0.05) is 26.8 Å². The highest BCUT2D eigenvalue weighted by molar-refractivity contribution is 5.11. The van der Waals surface area contributed by atoms with Crippen molar-refractivity contribution in [2.45, 2.75) is 53.2 Å². The average molecular weight is 275 g/mol. The fraction of sp³-hybridized carbons (Fsp3) is 0.706. The van der Waals surface area contributed by atoms with Gasteiger partial charge in [-0.3, -0.25) is 9.88 Å². The summed E-state index contributed by atoms with van der Waals surface area (Å²) in [5.41, 5.74) is 2.35. The summed E-state index contributed by atoms with van der Waals surface area (Å²) in [6.07, 6.45) is 1.35. The number of rotatable bonds is 5. The van der Waals surface area contributed by atoms with E-state index in [9.17, 15) is 0 Å². The van der Waals surface area contributed by atoms with Crippen LogP contribution in [-0.4, -0.2) is 29.0 Å². The number of nitrogens with one attached hydrogen (secondary N) is 1. The molecule has 1 saturated heterocycles. The zero-order chi connectivity index (χ0) is 14.5. The van der Waals surface area contributed by atoms with Crippen molar-refractivity contribution in [2.24, 2.45) is 11.8 Å². The Labute approximate surface area is 123 Å². The molecule has 1 aliphatic rings. The molecule has 1 aliphatic heterocycles. The minimum Gasteiger partial charge on any atom is -0.311 e. The molecule has 1 fully saturated rings. The molecule has 20 heavy (non-hydrogen) atoms. The summed E-state index contributed by atoms with van der Waals surface area (Å²) in [5, 5.41) is 3.34. The Balaban J connectivity index is 2.01. The third-order valence-electron chi connectivity index (χ3n) is 4.51. The molecule has 1 aromatic rings. The Morgan fingerprint density at radius 2 is 2.00 bits per heavy atom. The minimum atomic E-state index is 0.658. The van der Waals surface area contributed by atoms with E-state index in [-0.39, 0.29) is 0 Å². The predicted molar refractivity (Wildman–Crippen MR) is 84.4 cm³/mol. The van der Waals surface area contributed by atoms with Crippen LogP contribution >= 0.6 is 0 Å². The van der Waals surface area contributed by atoms with Gasteiger partial charge in [0.25, 0.3) is 0 Å². The van der Waals surface area contributed by atoms with E-state index in [1.807, 2.05) is 0 Å². The van der Waals surface area contributed by atoms with Crippen molar-refractivity contribution in [1.82, 2.24) is 15.2 Å². The van der Waals surface area contributed by atoms with E-state index in [1.54, 1.807) is 0 Å². The van der Waals surface area contributed by atoms with E-state index in [2.05, 4.69) is 56.1 Å². The van der Waals surface area contributed by atoms with Crippen LogP contribution in [0.4, 0.5) is 0 Å². The summed E-state index contributed by atoms with van der Waals surface area (Å²) in [7, 11) is 0. The van der Waals surface area contributed by atoms with E-state index in [4.69, 9.17) is 4.98 Å². The first-order valence-corrected chi connectivity index (χ1v) is 7.99. The smallest absolute Gasteiger partial charge is 0.0547 e. The maximum atomic E-state index is 4.78. The second-order valence-corrected chi connectivity index (χ2v) is 6.39. The van der Waals surface area contributed by atoms with E-state index in [0.717, 1.165) is 37.2 Å². The monoisotopic (exact) mass is 275 g/mol. The lowest BCUT2D eigenvalue weighted by Crippen LogP contribution is -2.45. The van der Waals surface area contributed by atoms with Crippen LogP contribution in [0, 0.1) is 11.8 Å². The summed E-state index contributed by atoms with van der Waals surface area (Å²) in [5.74, 6) is 1.58. The van der Waals surface area contributed by atoms with Crippen molar-refractivity contribution in [3.63, 3.8) is 0 Å². The second kappa shape index (κ2) is 7.19. The molecule has 0 spiro atoms. The van der Waals surface area contributed by atoms with Crippen LogP contribution in [0.1, 0.15) is 45.5 Å². The lowest BCUT2D eigenvalue weighted by atomic mass is 9.86. The lowest BCUT2D eigenvalue weighted by molar-refractivity contribution is 0.0718. The molecule has 3 atom stereocenters. The molecule has 3 heteroatoms. The van der Waals surface area contributed by atoms with Crippen LogP contribution in [0.25, 0.3) is 0 Å². The average Bonchev–Trinajstić information content (AvgIpc) is 2.42. The van der Waals surface area contributed by atoms with Gasteiger partial charge in [0.05, 0.1) is 11.4 Å². The van der Waals surface area contributed by atoms with Gasteiger partial charge in [-0.05, 0) is 43.9 Å². The normalized spacial score (nSPS) is 27.7. The molecule has 3 unspecified atom stereocenters. The quantitative estimate of drug-likeness (QED) is 0.895. The lowest BCUT2D eigenvalue weighted by Gasteiger charge is -2.41. The standard InChI is InChI=1S/C17H29N3/c1-5-18-10-16-7-6-8-17(19-16)12-20-11-13(2)9-14(3)15(20)4/h6-8,13-15,18H,5,9-12H2,1-4H3. The molecule has 0 radical (unpaired) electrons. The number of hydrogen-bond donors (Lipinski definition) is 1. The Hall–Kier alpha value is -0.930. The van der Waals surface area contributed by atoms with Gasteiger partial charge >= 0.3 is 0 Å². The number of pyridine rings is 1. The molecule has 0 bridgehead atoms. The summed E-state index contributed by atoms with van der Waals surface area (Å²) in [4.78, 5) is 7.38. The van der Waals surface area contributed by atoms with E-state index in [0.29, 0.717) is 6.04 Å². The Bertz CT molecular complexity index is 418. The van der Waals surface area contributed by atoms with Crippen LogP contribution in [0.3, 0.4) is 0 Å². The summed E-state index contributed by atoms with van der Waals surface area (Å²) in [6.45, 7) is 13.3. The van der Waals surface area contributed by atoms with Gasteiger partial charge in [0.2, 0.25) is 0 Å². The molecule has 0 aromatic carbocycles. The van der Waals surface area contributed by atoms with Crippen molar-refractivity contribution in [1.29, 1.82) is 0 Å². The van der Waals surface area contributed by atoms with Crippen LogP contribution < -0.4 is 5.32 Å². The highest BCUT2D eigenvalue weighted by atomic mass is 15.2. The summed E-state index contributed by atoms with van der Waals surface area (Å²) >= 11 is 0. The van der Waals surface area contributed by atoms with Crippen LogP contribution in [0.5, 0.6) is 0 Å². The van der Waals surface area contributed by atoms with Crippen LogP contribution in [0.15, 0.2) is 18.2 Å². The molecule has 2 heterocycles. The highest BCUT2D eigenvalue weighted by Crippen LogP contribution is 2.27. The van der Waals surface area contributed by atoms with Crippen LogP contribution in [0.2, 0.25) is 0 Å². The Morgan fingerprint density at radius 3 is 2.75 bits per heavy atom. The molecule has 0 saturated carbocycles. The zero-order valence-corrected chi connectivity index (χ0v) is 13.4. The van der Waals surface area contributed by atoms with Gasteiger partial charge < -0.3 is 5.32 Å². The summed E-state index contributed by atoms with van der Waals surface area (Å²) in [6, 6.07) is 7.06. The number of piperidine rings is 1. The van der Waals surface area contributed by atoms with Crippen molar-refractivity contribution < 1.29 is 0 Å². The first kappa shape index (κ1) is 15.5. The largest absolute Gasteiger partial charge is 0.311 e. The minimum absolute atomic E-state index is 0.658. The molecule has 2 rings (SSSR count). The van der Waals surface area contributed by atoms with Gasteiger partial charge in [-0.2, -0.15) is 0 Å². The SMILES string of the molecule is CCNCc1cccc(CN2CC(C)CC(C)C2C)n1. The predicted octanol–water partition coefficient (Wildman–Crippen LogP) is 3.06. The number of nitrogens with zero attached hydrogens (tertiary/aromatic N) is 2. The van der Waals surface area contributed by atoms with Gasteiger partial charge in [0.15, 0.2) is 0 Å². The number of likely N-dealkylation sites (tertiary alicyclic amines) is 1. The van der Waals surface area contributed by atoms with E-state index >= 15 is 0 Å². The highest BCUT2D eigenvalue weighted by Gasteiger charge is 2.28.